The van der Waals surface area contributed by atoms with E-state index in [0.717, 1.165) is 0 Å². The van der Waals surface area contributed by atoms with Gasteiger partial charge >= 0.3 is 0 Å². The molecule has 0 radical (unpaired) electrons. The molecule has 0 saturated carbocycles. The molecule has 212 valence electrons. The summed E-state index contributed by atoms with van der Waals surface area (Å²) >= 11 is 1.99. The molecule has 0 amide bonds. The number of nitrogens with zero attached hydrogens (tertiary/aromatic N) is 2. The molecular weight excluding hydrogens is 565 g/mol. The SMILES string of the molecule is C1=CC2Sc3ccc(-n4c5ccccc5c5cc(-c6ccc7c(c6)c6ccccc6n7-c6ccccc6)ccc54)cc3C2C=C1. The Balaban J connectivity index is 1.15. The van der Waals surface area contributed by atoms with Crippen molar-refractivity contribution >= 4 is 55.4 Å². The second kappa shape index (κ2) is 9.62. The van der Waals surface area contributed by atoms with Gasteiger partial charge in [-0.3, -0.25) is 0 Å². The number of hydrogen-bond acceptors (Lipinski definition) is 1. The number of hydrogen-bond donors (Lipinski definition) is 0. The number of fused-ring (bicyclic) bond motifs is 9. The molecule has 0 spiro atoms. The lowest BCUT2D eigenvalue weighted by Gasteiger charge is -2.15. The first-order chi connectivity index (χ1) is 22.3. The quantitative estimate of drug-likeness (QED) is 0.198. The highest BCUT2D eigenvalue weighted by Crippen LogP contribution is 2.49. The summed E-state index contributed by atoms with van der Waals surface area (Å²) in [5.41, 5.74) is 11.3. The largest absolute Gasteiger partial charge is 0.309 e. The minimum absolute atomic E-state index is 0.442. The topological polar surface area (TPSA) is 9.86 Å². The van der Waals surface area contributed by atoms with Gasteiger partial charge in [-0.25, -0.2) is 0 Å². The van der Waals surface area contributed by atoms with Crippen molar-refractivity contribution in [3.63, 3.8) is 0 Å². The van der Waals surface area contributed by atoms with E-state index < -0.39 is 0 Å². The van der Waals surface area contributed by atoms with Crippen LogP contribution in [-0.4, -0.2) is 14.4 Å². The molecule has 6 aromatic carbocycles. The fourth-order valence-electron chi connectivity index (χ4n) is 7.61. The molecule has 0 saturated heterocycles. The highest BCUT2D eigenvalue weighted by molar-refractivity contribution is 8.00. The van der Waals surface area contributed by atoms with Crippen molar-refractivity contribution in [2.45, 2.75) is 16.1 Å². The van der Waals surface area contributed by atoms with Gasteiger partial charge in [0.15, 0.2) is 0 Å². The molecule has 0 N–H and O–H groups in total. The van der Waals surface area contributed by atoms with Gasteiger partial charge in [-0.15, -0.1) is 11.8 Å². The zero-order chi connectivity index (χ0) is 29.5. The fourth-order valence-corrected chi connectivity index (χ4v) is 8.93. The maximum absolute atomic E-state index is 2.45. The molecular formula is C42H28N2S. The van der Waals surface area contributed by atoms with Crippen LogP contribution in [0, 0.1) is 0 Å². The maximum atomic E-state index is 2.45. The summed E-state index contributed by atoms with van der Waals surface area (Å²) in [6, 6.07) is 49.2. The van der Waals surface area contributed by atoms with E-state index in [-0.39, 0.29) is 0 Å². The van der Waals surface area contributed by atoms with Gasteiger partial charge in [0, 0.05) is 49.0 Å². The van der Waals surface area contributed by atoms with E-state index >= 15 is 0 Å². The molecule has 1 aliphatic carbocycles. The van der Waals surface area contributed by atoms with Gasteiger partial charge in [0.2, 0.25) is 0 Å². The summed E-state index contributed by atoms with van der Waals surface area (Å²) < 4.78 is 4.83. The molecule has 3 heteroatoms. The first-order valence-corrected chi connectivity index (χ1v) is 16.5. The highest BCUT2D eigenvalue weighted by atomic mass is 32.2. The van der Waals surface area contributed by atoms with E-state index in [1.807, 2.05) is 11.8 Å². The van der Waals surface area contributed by atoms with Crippen LogP contribution in [-0.2, 0) is 0 Å². The summed E-state index contributed by atoms with van der Waals surface area (Å²) in [6.45, 7) is 0. The van der Waals surface area contributed by atoms with E-state index in [9.17, 15) is 0 Å². The lowest BCUT2D eigenvalue weighted by atomic mass is 9.92. The molecule has 2 atom stereocenters. The zero-order valence-corrected chi connectivity index (χ0v) is 25.3. The van der Waals surface area contributed by atoms with Crippen molar-refractivity contribution in [3.05, 3.63) is 163 Å². The van der Waals surface area contributed by atoms with Crippen LogP contribution in [0.25, 0.3) is 66.1 Å². The number of thioether (sulfide) groups is 1. The molecule has 1 aliphatic heterocycles. The Hall–Kier alpha value is -5.25. The van der Waals surface area contributed by atoms with Gasteiger partial charge in [-0.2, -0.15) is 0 Å². The zero-order valence-electron chi connectivity index (χ0n) is 24.5. The number of rotatable bonds is 3. The third-order valence-corrected chi connectivity index (χ3v) is 11.0. The molecule has 8 aromatic rings. The Morgan fingerprint density at radius 3 is 1.71 bits per heavy atom. The van der Waals surface area contributed by atoms with Crippen LogP contribution in [0.2, 0.25) is 0 Å². The van der Waals surface area contributed by atoms with Crippen molar-refractivity contribution in [3.8, 4) is 22.5 Å². The second-order valence-electron chi connectivity index (χ2n) is 12.1. The fraction of sp³-hybridized carbons (Fsp3) is 0.0476. The number of aromatic nitrogens is 2. The van der Waals surface area contributed by atoms with Crippen molar-refractivity contribution in [1.82, 2.24) is 9.13 Å². The lowest BCUT2D eigenvalue weighted by molar-refractivity contribution is 0.878. The van der Waals surface area contributed by atoms with Gasteiger partial charge in [0.05, 0.1) is 22.1 Å². The third kappa shape index (κ3) is 3.71. The smallest absolute Gasteiger partial charge is 0.0541 e. The average Bonchev–Trinajstić information content (AvgIpc) is 3.75. The van der Waals surface area contributed by atoms with E-state index in [2.05, 4.69) is 167 Å². The van der Waals surface area contributed by atoms with Crippen LogP contribution in [0.3, 0.4) is 0 Å². The van der Waals surface area contributed by atoms with Gasteiger partial charge in [0.1, 0.15) is 0 Å². The first-order valence-electron chi connectivity index (χ1n) is 15.6. The molecule has 2 nitrogen and oxygen atoms in total. The van der Waals surface area contributed by atoms with Crippen LogP contribution >= 0.6 is 11.8 Å². The van der Waals surface area contributed by atoms with Crippen LogP contribution < -0.4 is 0 Å². The third-order valence-electron chi connectivity index (χ3n) is 9.65. The summed E-state index contributed by atoms with van der Waals surface area (Å²) in [6.07, 6.45) is 9.08. The van der Waals surface area contributed by atoms with E-state index in [4.69, 9.17) is 0 Å². The average molecular weight is 593 g/mol. The Morgan fingerprint density at radius 2 is 1.02 bits per heavy atom. The molecule has 2 unspecified atom stereocenters. The Bertz CT molecular complexity index is 2530. The molecule has 10 rings (SSSR count). The van der Waals surface area contributed by atoms with E-state index in [1.165, 1.54) is 76.6 Å². The van der Waals surface area contributed by atoms with Crippen LogP contribution in [0.4, 0.5) is 0 Å². The molecule has 0 fully saturated rings. The predicted molar refractivity (Wildman–Crippen MR) is 191 cm³/mol. The molecule has 2 aliphatic rings. The summed E-state index contributed by atoms with van der Waals surface area (Å²) in [7, 11) is 0. The molecule has 0 bridgehead atoms. The normalized spacial score (nSPS) is 17.1. The Kier molecular flexibility index (Phi) is 5.37. The minimum atomic E-state index is 0.442. The first kappa shape index (κ1) is 25.1. The minimum Gasteiger partial charge on any atom is -0.309 e. The monoisotopic (exact) mass is 592 g/mol. The van der Waals surface area contributed by atoms with Crippen LogP contribution in [0.5, 0.6) is 0 Å². The summed E-state index contributed by atoms with van der Waals surface area (Å²) in [4.78, 5) is 1.40. The van der Waals surface area contributed by atoms with Gasteiger partial charge in [0.25, 0.3) is 0 Å². The summed E-state index contributed by atoms with van der Waals surface area (Å²) in [5, 5.41) is 5.61. The van der Waals surface area contributed by atoms with Gasteiger partial charge in [-0.05, 0) is 83.4 Å². The standard InChI is InChI=1S/C42H28N2S/c1-2-10-29(11-3-1)43-37-15-7-4-12-31(37)34-24-27(18-21-39(34)43)28-19-22-40-35(25-28)32-13-5-8-16-38(32)44(40)30-20-23-42-36(26-30)33-14-6-9-17-41(33)45-42/h1-26,33,41H. The highest BCUT2D eigenvalue weighted by Gasteiger charge is 2.31. The second-order valence-corrected chi connectivity index (χ2v) is 13.3. The molecule has 45 heavy (non-hydrogen) atoms. The number of benzene rings is 6. The molecule has 3 heterocycles. The van der Waals surface area contributed by atoms with Crippen molar-refractivity contribution in [1.29, 1.82) is 0 Å². The van der Waals surface area contributed by atoms with Crippen molar-refractivity contribution in [2.24, 2.45) is 0 Å². The van der Waals surface area contributed by atoms with Crippen LogP contribution in [0.15, 0.2) is 163 Å². The van der Waals surface area contributed by atoms with Gasteiger partial charge in [-0.1, -0.05) is 91.0 Å². The number of para-hydroxylation sites is 3. The van der Waals surface area contributed by atoms with Gasteiger partial charge < -0.3 is 9.13 Å². The van der Waals surface area contributed by atoms with E-state index in [0.29, 0.717) is 11.2 Å². The van der Waals surface area contributed by atoms with Crippen molar-refractivity contribution in [2.75, 3.05) is 0 Å². The Labute approximate surface area is 265 Å². The summed E-state index contributed by atoms with van der Waals surface area (Å²) in [5.74, 6) is 0.442. The maximum Gasteiger partial charge on any atom is 0.0541 e. The molecule has 2 aromatic heterocycles. The van der Waals surface area contributed by atoms with Crippen LogP contribution in [0.1, 0.15) is 11.5 Å². The number of allylic oxidation sites excluding steroid dienone is 3. The van der Waals surface area contributed by atoms with E-state index in [1.54, 1.807) is 0 Å². The van der Waals surface area contributed by atoms with Crippen molar-refractivity contribution < 1.29 is 0 Å². The predicted octanol–water partition coefficient (Wildman–Crippen LogP) is 11.2. The Morgan fingerprint density at radius 1 is 0.444 bits per heavy atom. The lowest BCUT2D eigenvalue weighted by Crippen LogP contribution is -2.07.